The molecule has 0 aliphatic heterocycles. The molecule has 0 bridgehead atoms. The lowest BCUT2D eigenvalue weighted by atomic mass is 10.1. The van der Waals surface area contributed by atoms with Crippen LogP contribution in [-0.4, -0.2) is 25.1 Å². The predicted octanol–water partition coefficient (Wildman–Crippen LogP) is 1.20. The van der Waals surface area contributed by atoms with E-state index in [-0.39, 0.29) is 31.5 Å². The third-order valence-corrected chi connectivity index (χ3v) is 2.81. The standard InChI is InChI=1S/C15H17N3O2/c16-15(17)18-7-8-20-14(19)10-11-5-6-12-3-1-2-4-13(12)9-11/h1-6,9H,7-8,10H2,(H4,16,17,18). The number of nitrogens with two attached hydrogens (primary N) is 2. The van der Waals surface area contributed by atoms with Crippen molar-refractivity contribution in [3.05, 3.63) is 48.0 Å². The molecule has 0 atom stereocenters. The van der Waals surface area contributed by atoms with Crippen LogP contribution in [-0.2, 0) is 16.0 Å². The van der Waals surface area contributed by atoms with Crippen LogP contribution < -0.4 is 11.5 Å². The Morgan fingerprint density at radius 3 is 2.60 bits per heavy atom. The summed E-state index contributed by atoms with van der Waals surface area (Å²) < 4.78 is 5.05. The van der Waals surface area contributed by atoms with Crippen molar-refractivity contribution in [1.29, 1.82) is 0 Å². The SMILES string of the molecule is NC(N)=NCCOC(=O)Cc1ccc2ccccc2c1. The second-order valence-electron chi connectivity index (χ2n) is 4.39. The maximum Gasteiger partial charge on any atom is 0.310 e. The quantitative estimate of drug-likeness (QED) is 0.370. The number of rotatable bonds is 5. The monoisotopic (exact) mass is 271 g/mol. The molecule has 104 valence electrons. The van der Waals surface area contributed by atoms with E-state index in [9.17, 15) is 4.79 Å². The van der Waals surface area contributed by atoms with Gasteiger partial charge in [0.25, 0.3) is 0 Å². The minimum atomic E-state index is -0.286. The molecule has 20 heavy (non-hydrogen) atoms. The first-order chi connectivity index (χ1) is 9.65. The Hall–Kier alpha value is -2.56. The zero-order valence-corrected chi connectivity index (χ0v) is 11.1. The first-order valence-corrected chi connectivity index (χ1v) is 6.34. The largest absolute Gasteiger partial charge is 0.463 e. The van der Waals surface area contributed by atoms with E-state index in [2.05, 4.69) is 4.99 Å². The highest BCUT2D eigenvalue weighted by molar-refractivity contribution is 5.84. The molecule has 0 aliphatic rings. The molecule has 0 radical (unpaired) electrons. The minimum absolute atomic E-state index is 0.00409. The Morgan fingerprint density at radius 1 is 1.10 bits per heavy atom. The van der Waals surface area contributed by atoms with Gasteiger partial charge < -0.3 is 16.2 Å². The van der Waals surface area contributed by atoms with Crippen LogP contribution in [0, 0.1) is 0 Å². The van der Waals surface area contributed by atoms with Gasteiger partial charge in [-0.3, -0.25) is 9.79 Å². The van der Waals surface area contributed by atoms with Crippen LogP contribution >= 0.6 is 0 Å². The molecule has 0 heterocycles. The fraction of sp³-hybridized carbons (Fsp3) is 0.200. The summed E-state index contributed by atoms with van der Waals surface area (Å²) >= 11 is 0. The molecule has 5 nitrogen and oxygen atoms in total. The number of hydrogen-bond donors (Lipinski definition) is 2. The van der Waals surface area contributed by atoms with Crippen molar-refractivity contribution in [2.24, 2.45) is 16.5 Å². The zero-order chi connectivity index (χ0) is 14.4. The summed E-state index contributed by atoms with van der Waals surface area (Å²) in [7, 11) is 0. The Bertz CT molecular complexity index is 634. The molecule has 4 N–H and O–H groups in total. The molecule has 2 aromatic carbocycles. The summed E-state index contributed by atoms with van der Waals surface area (Å²) in [6.07, 6.45) is 0.243. The summed E-state index contributed by atoms with van der Waals surface area (Å²) in [6, 6.07) is 13.9. The van der Waals surface area contributed by atoms with Gasteiger partial charge in [0.05, 0.1) is 13.0 Å². The van der Waals surface area contributed by atoms with E-state index in [0.717, 1.165) is 16.3 Å². The van der Waals surface area contributed by atoms with E-state index >= 15 is 0 Å². The van der Waals surface area contributed by atoms with E-state index < -0.39 is 0 Å². The number of fused-ring (bicyclic) bond motifs is 1. The molecule has 0 unspecified atom stereocenters. The van der Waals surface area contributed by atoms with Crippen LogP contribution in [0.4, 0.5) is 0 Å². The molecule has 0 aliphatic carbocycles. The summed E-state index contributed by atoms with van der Waals surface area (Å²) in [6.45, 7) is 0.468. The molecule has 0 saturated heterocycles. The second-order valence-corrected chi connectivity index (χ2v) is 4.39. The number of hydrogen-bond acceptors (Lipinski definition) is 3. The van der Waals surface area contributed by atoms with Crippen molar-refractivity contribution >= 4 is 22.7 Å². The summed E-state index contributed by atoms with van der Waals surface area (Å²) in [5.74, 6) is -0.290. The van der Waals surface area contributed by atoms with E-state index in [4.69, 9.17) is 16.2 Å². The summed E-state index contributed by atoms with van der Waals surface area (Å²) in [4.78, 5) is 15.4. The Morgan fingerprint density at radius 2 is 1.85 bits per heavy atom. The van der Waals surface area contributed by atoms with Gasteiger partial charge in [0.1, 0.15) is 6.61 Å². The topological polar surface area (TPSA) is 90.7 Å². The number of aliphatic imine (C=N–C) groups is 1. The molecule has 0 spiro atoms. The van der Waals surface area contributed by atoms with Crippen molar-refractivity contribution in [3.63, 3.8) is 0 Å². The third-order valence-electron chi connectivity index (χ3n) is 2.81. The van der Waals surface area contributed by atoms with Gasteiger partial charge in [-0.15, -0.1) is 0 Å². The number of carbonyl (C=O) groups is 1. The van der Waals surface area contributed by atoms with Gasteiger partial charge in [0.2, 0.25) is 0 Å². The van der Waals surface area contributed by atoms with Gasteiger partial charge in [-0.25, -0.2) is 0 Å². The van der Waals surface area contributed by atoms with Gasteiger partial charge >= 0.3 is 5.97 Å². The number of guanidine groups is 1. The van der Waals surface area contributed by atoms with Gasteiger partial charge in [-0.1, -0.05) is 42.5 Å². The van der Waals surface area contributed by atoms with Crippen LogP contribution in [0.1, 0.15) is 5.56 Å². The number of benzene rings is 2. The van der Waals surface area contributed by atoms with Crippen molar-refractivity contribution in [2.75, 3.05) is 13.2 Å². The molecular weight excluding hydrogens is 254 g/mol. The number of ether oxygens (including phenoxy) is 1. The number of carbonyl (C=O) groups excluding carboxylic acids is 1. The highest BCUT2D eigenvalue weighted by atomic mass is 16.5. The highest BCUT2D eigenvalue weighted by Crippen LogP contribution is 2.16. The predicted molar refractivity (Wildman–Crippen MR) is 79.3 cm³/mol. The van der Waals surface area contributed by atoms with Gasteiger partial charge in [0.15, 0.2) is 5.96 Å². The molecular formula is C15H17N3O2. The van der Waals surface area contributed by atoms with Crippen LogP contribution in [0.2, 0.25) is 0 Å². The first-order valence-electron chi connectivity index (χ1n) is 6.34. The molecule has 0 amide bonds. The first kappa shape index (κ1) is 13.9. The molecule has 0 aromatic heterocycles. The number of nitrogens with zero attached hydrogens (tertiary/aromatic N) is 1. The highest BCUT2D eigenvalue weighted by Gasteiger charge is 2.05. The van der Waals surface area contributed by atoms with E-state index in [1.807, 2.05) is 42.5 Å². The van der Waals surface area contributed by atoms with Crippen LogP contribution in [0.15, 0.2) is 47.5 Å². The van der Waals surface area contributed by atoms with Gasteiger partial charge in [0, 0.05) is 0 Å². The molecule has 0 saturated carbocycles. The zero-order valence-electron chi connectivity index (χ0n) is 11.1. The van der Waals surface area contributed by atoms with Crippen LogP contribution in [0.3, 0.4) is 0 Å². The third kappa shape index (κ3) is 3.98. The van der Waals surface area contributed by atoms with Gasteiger partial charge in [-0.05, 0) is 16.3 Å². The molecule has 2 rings (SSSR count). The average molecular weight is 271 g/mol. The van der Waals surface area contributed by atoms with Crippen LogP contribution in [0.25, 0.3) is 10.8 Å². The Kier molecular flexibility index (Phi) is 4.55. The lowest BCUT2D eigenvalue weighted by molar-refractivity contribution is -0.142. The van der Waals surface area contributed by atoms with Crippen LogP contribution in [0.5, 0.6) is 0 Å². The average Bonchev–Trinajstić information content (AvgIpc) is 2.43. The maximum atomic E-state index is 11.7. The molecule has 5 heteroatoms. The summed E-state index contributed by atoms with van der Waals surface area (Å²) in [5, 5.41) is 2.26. The molecule has 0 fully saturated rings. The van der Waals surface area contributed by atoms with Crippen molar-refractivity contribution in [1.82, 2.24) is 0 Å². The normalized spacial score (nSPS) is 10.2. The van der Waals surface area contributed by atoms with E-state index in [1.165, 1.54) is 0 Å². The van der Waals surface area contributed by atoms with Crippen molar-refractivity contribution in [3.8, 4) is 0 Å². The molecule has 2 aromatic rings. The Labute approximate surface area is 117 Å². The fourth-order valence-corrected chi connectivity index (χ4v) is 1.90. The van der Waals surface area contributed by atoms with Crippen molar-refractivity contribution < 1.29 is 9.53 Å². The lowest BCUT2D eigenvalue weighted by Gasteiger charge is -2.05. The van der Waals surface area contributed by atoms with Crippen molar-refractivity contribution in [2.45, 2.75) is 6.42 Å². The maximum absolute atomic E-state index is 11.7. The Balaban J connectivity index is 1.91. The van der Waals surface area contributed by atoms with E-state index in [0.29, 0.717) is 0 Å². The summed E-state index contributed by atoms with van der Waals surface area (Å²) in [5.41, 5.74) is 11.3. The minimum Gasteiger partial charge on any atom is -0.463 e. The van der Waals surface area contributed by atoms with Gasteiger partial charge in [-0.2, -0.15) is 0 Å². The second kappa shape index (κ2) is 6.56. The lowest BCUT2D eigenvalue weighted by Crippen LogP contribution is -2.23. The number of esters is 1. The smallest absolute Gasteiger partial charge is 0.310 e. The van der Waals surface area contributed by atoms with E-state index in [1.54, 1.807) is 0 Å². The fourth-order valence-electron chi connectivity index (χ4n) is 1.90.